The van der Waals surface area contributed by atoms with Gasteiger partial charge in [-0.1, -0.05) is 222 Å². The smallest absolute Gasteiger partial charge is 0.269 e. The fourth-order valence-corrected chi connectivity index (χ4v) is 11.2. The van der Waals surface area contributed by atoms with Gasteiger partial charge in [0.25, 0.3) is 6.33 Å². The van der Waals surface area contributed by atoms with Gasteiger partial charge < -0.3 is 4.74 Å². The molecule has 3 aromatic heterocycles. The Balaban J connectivity index is 1.19. The summed E-state index contributed by atoms with van der Waals surface area (Å²) in [7, 11) is 0. The maximum Gasteiger partial charge on any atom is 0.269 e. The van der Waals surface area contributed by atoms with E-state index in [-0.39, 0.29) is 60.7 Å². The average Bonchev–Trinajstić information content (AvgIpc) is 1.46. The lowest BCUT2D eigenvalue weighted by Crippen LogP contribution is -2.32. The van der Waals surface area contributed by atoms with Crippen LogP contribution in [-0.4, -0.2) is 14.1 Å². The maximum atomic E-state index is 10.1. The Bertz CT molecular complexity index is 5210. The Labute approximate surface area is 496 Å². The van der Waals surface area contributed by atoms with Crippen molar-refractivity contribution in [3.8, 4) is 84.3 Å². The van der Waals surface area contributed by atoms with Crippen molar-refractivity contribution in [2.75, 3.05) is 0 Å². The van der Waals surface area contributed by atoms with E-state index in [0.29, 0.717) is 39.5 Å². The van der Waals surface area contributed by atoms with Crippen LogP contribution in [0, 0.1) is 6.33 Å². The summed E-state index contributed by atoms with van der Waals surface area (Å²) >= 11 is 0. The second-order valence-corrected chi connectivity index (χ2v) is 25.4. The summed E-state index contributed by atoms with van der Waals surface area (Å²) in [6.45, 7) is 25.6. The van der Waals surface area contributed by atoms with Crippen LogP contribution in [0.4, 0.5) is 0 Å². The number of nitrogens with zero attached hydrogens (tertiary/aromatic N) is 4. The first-order valence-corrected chi connectivity index (χ1v) is 27.5. The molecule has 0 radical (unpaired) electrons. The van der Waals surface area contributed by atoms with Crippen LogP contribution in [0.1, 0.15) is 123 Å². The third kappa shape index (κ3) is 9.13. The molecule has 0 bridgehead atoms. The first kappa shape index (κ1) is 38.7. The molecule has 1 aliphatic rings. The van der Waals surface area contributed by atoms with Gasteiger partial charge >= 0.3 is 0 Å². The molecule has 4 heterocycles. The van der Waals surface area contributed by atoms with Gasteiger partial charge in [0, 0.05) is 23.0 Å². The van der Waals surface area contributed by atoms with E-state index in [1.165, 1.54) is 0 Å². The summed E-state index contributed by atoms with van der Waals surface area (Å²) in [5.41, 5.74) is 6.87. The van der Waals surface area contributed by atoms with E-state index in [1.807, 2.05) is 72.9 Å². The molecule has 12 aromatic rings. The summed E-state index contributed by atoms with van der Waals surface area (Å²) in [4.78, 5) is 4.89. The highest BCUT2D eigenvalue weighted by Crippen LogP contribution is 2.49. The van der Waals surface area contributed by atoms with Crippen LogP contribution in [-0.2, 0) is 21.7 Å². The monoisotopic (exact) mass is 1070 g/mol. The van der Waals surface area contributed by atoms with Crippen molar-refractivity contribution in [3.63, 3.8) is 0 Å². The number of aromatic nitrogens is 4. The molecule has 5 nitrogen and oxygen atoms in total. The quantitative estimate of drug-likeness (QED) is 0.123. The highest BCUT2D eigenvalue weighted by molar-refractivity contribution is 6.09. The number of hydrogen-bond acceptors (Lipinski definition) is 2. The molecule has 81 heavy (non-hydrogen) atoms. The van der Waals surface area contributed by atoms with Crippen LogP contribution in [0.15, 0.2) is 206 Å². The third-order valence-electron chi connectivity index (χ3n) is 15.7. The highest BCUT2D eigenvalue weighted by atomic mass is 16.5. The van der Waals surface area contributed by atoms with Gasteiger partial charge in [0.15, 0.2) is 0 Å². The predicted octanol–water partition coefficient (Wildman–Crippen LogP) is 19.8. The van der Waals surface area contributed by atoms with Crippen LogP contribution < -0.4 is 9.30 Å². The Morgan fingerprint density at radius 1 is 0.432 bits per heavy atom. The number of rotatable bonds is 6. The Kier molecular flexibility index (Phi) is 9.05. The molecule has 0 saturated carbocycles. The molecule has 0 amide bonds. The van der Waals surface area contributed by atoms with Crippen molar-refractivity contribution in [3.05, 3.63) is 235 Å². The first-order chi connectivity index (χ1) is 44.1. The molecule has 0 spiro atoms. The van der Waals surface area contributed by atoms with Crippen LogP contribution >= 0.6 is 0 Å². The van der Waals surface area contributed by atoms with Gasteiger partial charge in [0.2, 0.25) is 0 Å². The molecular weight excluding hydrogens is 985 g/mol. The average molecular weight is 1070 g/mol. The van der Waals surface area contributed by atoms with Gasteiger partial charge in [-0.05, 0) is 154 Å². The van der Waals surface area contributed by atoms with Gasteiger partial charge in [0.05, 0.1) is 51.3 Å². The van der Waals surface area contributed by atoms with E-state index in [4.69, 9.17) is 13.8 Å². The van der Waals surface area contributed by atoms with Gasteiger partial charge in [-0.3, -0.25) is 13.7 Å². The molecule has 13 rings (SSSR count). The standard InChI is InChI=1S/C76H70N4O/c1-73(2,3)51-35-36-77-70(44-51)80-67-32-21-20-31-62(67)63-34-33-57(46-68(63)80)81-56-26-22-25-55(45-56)78-47-79-71-64(50-37-52(74(4,5)6)41-53(38-50)75(7,8)9)42-54(76(10,11)12)43-66(71)61-30-19-17-28-59(61)58-27-16-18-29-60(58)65-39-49(40-69(78)72(65)79)48-23-14-13-15-24-48/h13-46H,1-12H3/i13D,14D,15D,16D,17D,18D,19D,23D,24D,27D,28D,29D,30D. The second kappa shape index (κ2) is 18.9. The number of para-hydroxylation sites is 1. The SMILES string of the molecule is [2H]c1c([2H])c([2H])c(-c2cc3c4c(c2)n(-c2cccc(Oc5ccc6c7ccccc7n(-c7cc(C(C)(C)C)ccn7)c6c5)c2)[c-][n+]4-c2c(-c4cc(C(C)(C)C)cc(C(C)(C)C)c4)cc(C(C)(C)C)cc2-c2c([2H])c([2H])c([2H])c([2H])c2-c2c([2H])c([2H])c([2H])c([2H])c2-3)c([2H])c1[2H]. The summed E-state index contributed by atoms with van der Waals surface area (Å²) in [6, 6.07) is 31.9. The summed E-state index contributed by atoms with van der Waals surface area (Å²) in [5, 5.41) is 2.03. The van der Waals surface area contributed by atoms with Crippen LogP contribution in [0.5, 0.6) is 11.5 Å². The zero-order valence-corrected chi connectivity index (χ0v) is 47.8. The zero-order valence-electron chi connectivity index (χ0n) is 60.8. The molecule has 0 N–H and O–H groups in total. The molecule has 0 fully saturated rings. The summed E-state index contributed by atoms with van der Waals surface area (Å²) in [5.74, 6) is 1.67. The lowest BCUT2D eigenvalue weighted by Gasteiger charge is -2.29. The summed E-state index contributed by atoms with van der Waals surface area (Å²) < 4.78 is 136. The van der Waals surface area contributed by atoms with Crippen molar-refractivity contribution >= 4 is 32.8 Å². The van der Waals surface area contributed by atoms with E-state index < -0.39 is 84.0 Å². The van der Waals surface area contributed by atoms with E-state index in [9.17, 15) is 13.7 Å². The normalized spacial score (nSPS) is 14.9. The molecular formula is C76H70N4O. The van der Waals surface area contributed by atoms with Crippen molar-refractivity contribution < 1.29 is 27.1 Å². The molecule has 5 heteroatoms. The number of imidazole rings is 1. The van der Waals surface area contributed by atoms with Crippen LogP contribution in [0.25, 0.3) is 106 Å². The summed E-state index contributed by atoms with van der Waals surface area (Å²) in [6.07, 6.45) is 5.57. The topological polar surface area (TPSA) is 35.9 Å². The minimum atomic E-state index is -0.654. The minimum Gasteiger partial charge on any atom is -0.458 e. The predicted molar refractivity (Wildman–Crippen MR) is 338 cm³/mol. The fraction of sp³-hybridized carbons (Fsp3) is 0.211. The van der Waals surface area contributed by atoms with Crippen molar-refractivity contribution in [2.45, 2.75) is 105 Å². The van der Waals surface area contributed by atoms with E-state index in [2.05, 4.69) is 136 Å². The molecule has 9 aromatic carbocycles. The fourth-order valence-electron chi connectivity index (χ4n) is 11.2. The lowest BCUT2D eigenvalue weighted by molar-refractivity contribution is -0.570. The second-order valence-electron chi connectivity index (χ2n) is 25.4. The van der Waals surface area contributed by atoms with E-state index in [0.717, 1.165) is 55.4 Å². The zero-order chi connectivity index (χ0) is 67.6. The van der Waals surface area contributed by atoms with Crippen molar-refractivity contribution in [2.24, 2.45) is 0 Å². The lowest BCUT2D eigenvalue weighted by atomic mass is 9.77. The number of fused-ring (bicyclic) bond motifs is 10. The van der Waals surface area contributed by atoms with Gasteiger partial charge in [0.1, 0.15) is 17.3 Å². The Morgan fingerprint density at radius 3 is 1.68 bits per heavy atom. The molecule has 0 atom stereocenters. The number of benzene rings is 9. The van der Waals surface area contributed by atoms with Crippen LogP contribution in [0.2, 0.25) is 0 Å². The van der Waals surface area contributed by atoms with E-state index in [1.54, 1.807) is 21.3 Å². The molecule has 0 saturated heterocycles. The largest absolute Gasteiger partial charge is 0.458 e. The van der Waals surface area contributed by atoms with Crippen molar-refractivity contribution in [1.29, 1.82) is 0 Å². The highest BCUT2D eigenvalue weighted by Gasteiger charge is 2.31. The third-order valence-corrected chi connectivity index (χ3v) is 15.7. The van der Waals surface area contributed by atoms with E-state index >= 15 is 0 Å². The Morgan fingerprint density at radius 2 is 1.01 bits per heavy atom. The van der Waals surface area contributed by atoms with Crippen LogP contribution in [0.3, 0.4) is 0 Å². The molecule has 1 aliphatic heterocycles. The maximum absolute atomic E-state index is 10.1. The number of ether oxygens (including phenoxy) is 1. The number of hydrogen-bond donors (Lipinski definition) is 0. The minimum absolute atomic E-state index is 0.0211. The van der Waals surface area contributed by atoms with Crippen molar-refractivity contribution in [1.82, 2.24) is 14.1 Å². The van der Waals surface area contributed by atoms with Gasteiger partial charge in [-0.2, -0.15) is 0 Å². The van der Waals surface area contributed by atoms with Gasteiger partial charge in [-0.15, -0.1) is 0 Å². The molecule has 400 valence electrons. The molecule has 0 unspecified atom stereocenters. The number of pyridine rings is 1. The first-order valence-electron chi connectivity index (χ1n) is 34.0. The van der Waals surface area contributed by atoms with Gasteiger partial charge in [-0.25, -0.2) is 4.98 Å². The molecule has 0 aliphatic carbocycles. The Hall–Kier alpha value is -8.80.